The largest absolute Gasteiger partial charge is 0.478 e. The molecule has 0 saturated carbocycles. The van der Waals surface area contributed by atoms with Crippen LogP contribution < -0.4 is 10.5 Å². The number of halogens is 2. The standard InChI is InChI=1S/C10H11Cl2NO2/c1-10(2,9(13)14)15-6-3-4-7(11)8(12)5-6/h3-5H,1-2H3,(H2,13,14). The van der Waals surface area contributed by atoms with Crippen molar-refractivity contribution < 1.29 is 9.53 Å². The van der Waals surface area contributed by atoms with Gasteiger partial charge in [0.1, 0.15) is 5.75 Å². The lowest BCUT2D eigenvalue weighted by Crippen LogP contribution is -2.43. The second-order valence-corrected chi connectivity index (χ2v) is 4.37. The Balaban J connectivity index is 2.91. The second-order valence-electron chi connectivity index (χ2n) is 3.55. The molecule has 0 spiro atoms. The van der Waals surface area contributed by atoms with Crippen LogP contribution in [-0.4, -0.2) is 11.5 Å². The zero-order chi connectivity index (χ0) is 11.6. The summed E-state index contributed by atoms with van der Waals surface area (Å²) in [7, 11) is 0. The molecular formula is C10H11Cl2NO2. The number of amides is 1. The predicted octanol–water partition coefficient (Wildman–Crippen LogP) is 2.64. The molecule has 1 aromatic rings. The molecule has 1 amide bonds. The highest BCUT2D eigenvalue weighted by atomic mass is 35.5. The van der Waals surface area contributed by atoms with Crippen LogP contribution in [0.3, 0.4) is 0 Å². The lowest BCUT2D eigenvalue weighted by Gasteiger charge is -2.22. The maximum atomic E-state index is 11.0. The van der Waals surface area contributed by atoms with Crippen molar-refractivity contribution in [3.05, 3.63) is 28.2 Å². The Hall–Kier alpha value is -0.930. The summed E-state index contributed by atoms with van der Waals surface area (Å²) in [6.07, 6.45) is 0. The average molecular weight is 248 g/mol. The van der Waals surface area contributed by atoms with Crippen molar-refractivity contribution in [2.24, 2.45) is 5.73 Å². The van der Waals surface area contributed by atoms with E-state index in [-0.39, 0.29) is 0 Å². The number of carbonyl (C=O) groups excluding carboxylic acids is 1. The van der Waals surface area contributed by atoms with Gasteiger partial charge < -0.3 is 10.5 Å². The first kappa shape index (κ1) is 12.1. The quantitative estimate of drug-likeness (QED) is 0.893. The van der Waals surface area contributed by atoms with Crippen molar-refractivity contribution in [1.82, 2.24) is 0 Å². The van der Waals surface area contributed by atoms with Crippen LogP contribution in [-0.2, 0) is 4.79 Å². The molecule has 0 atom stereocenters. The van der Waals surface area contributed by atoms with Crippen LogP contribution in [0.1, 0.15) is 13.8 Å². The van der Waals surface area contributed by atoms with Crippen LogP contribution in [0.5, 0.6) is 5.75 Å². The van der Waals surface area contributed by atoms with E-state index in [2.05, 4.69) is 0 Å². The second kappa shape index (κ2) is 4.29. The lowest BCUT2D eigenvalue weighted by molar-refractivity contribution is -0.130. The molecule has 0 bridgehead atoms. The zero-order valence-electron chi connectivity index (χ0n) is 8.38. The Bertz CT molecular complexity index is 391. The number of hydrogen-bond donors (Lipinski definition) is 1. The van der Waals surface area contributed by atoms with Gasteiger partial charge >= 0.3 is 0 Å². The molecule has 2 N–H and O–H groups in total. The first-order valence-corrected chi connectivity index (χ1v) is 5.02. The molecular weight excluding hydrogens is 237 g/mol. The normalized spacial score (nSPS) is 11.2. The SMILES string of the molecule is CC(C)(Oc1ccc(Cl)c(Cl)c1)C(N)=O. The number of hydrogen-bond acceptors (Lipinski definition) is 2. The molecule has 82 valence electrons. The van der Waals surface area contributed by atoms with E-state index in [0.717, 1.165) is 0 Å². The van der Waals surface area contributed by atoms with Gasteiger partial charge in [0.2, 0.25) is 0 Å². The van der Waals surface area contributed by atoms with Crippen molar-refractivity contribution >= 4 is 29.1 Å². The van der Waals surface area contributed by atoms with Gasteiger partial charge in [-0.3, -0.25) is 4.79 Å². The first-order valence-electron chi connectivity index (χ1n) is 4.27. The summed E-state index contributed by atoms with van der Waals surface area (Å²) in [5.41, 5.74) is 4.09. The molecule has 0 aliphatic rings. The third-order valence-corrected chi connectivity index (χ3v) is 2.60. The fraction of sp³-hybridized carbons (Fsp3) is 0.300. The number of ether oxygens (including phenoxy) is 1. The third kappa shape index (κ3) is 3.01. The van der Waals surface area contributed by atoms with Gasteiger partial charge in [-0.05, 0) is 26.0 Å². The summed E-state index contributed by atoms with van der Waals surface area (Å²) in [5.74, 6) is -0.0956. The molecule has 0 unspecified atom stereocenters. The fourth-order valence-corrected chi connectivity index (χ4v) is 1.17. The molecule has 0 fully saturated rings. The summed E-state index contributed by atoms with van der Waals surface area (Å²) < 4.78 is 5.38. The predicted molar refractivity (Wildman–Crippen MR) is 60.4 cm³/mol. The summed E-state index contributed by atoms with van der Waals surface area (Å²) in [6, 6.07) is 4.75. The third-order valence-electron chi connectivity index (χ3n) is 1.86. The van der Waals surface area contributed by atoms with Gasteiger partial charge in [0, 0.05) is 6.07 Å². The molecule has 15 heavy (non-hydrogen) atoms. The molecule has 5 heteroatoms. The van der Waals surface area contributed by atoms with Gasteiger partial charge in [0.05, 0.1) is 10.0 Å². The molecule has 0 heterocycles. The highest BCUT2D eigenvalue weighted by Crippen LogP contribution is 2.28. The Morgan fingerprint density at radius 3 is 2.40 bits per heavy atom. The Kier molecular flexibility index (Phi) is 3.47. The van der Waals surface area contributed by atoms with Crippen molar-refractivity contribution in [3.63, 3.8) is 0 Å². The van der Waals surface area contributed by atoms with E-state index in [1.54, 1.807) is 26.0 Å². The molecule has 0 radical (unpaired) electrons. The topological polar surface area (TPSA) is 52.3 Å². The van der Waals surface area contributed by atoms with Crippen molar-refractivity contribution in [2.75, 3.05) is 0 Å². The van der Waals surface area contributed by atoms with Crippen molar-refractivity contribution in [3.8, 4) is 5.75 Å². The van der Waals surface area contributed by atoms with Crippen molar-refractivity contribution in [2.45, 2.75) is 19.4 Å². The van der Waals surface area contributed by atoms with Crippen LogP contribution in [0.2, 0.25) is 10.0 Å². The summed E-state index contributed by atoms with van der Waals surface area (Å²) in [6.45, 7) is 3.16. The lowest BCUT2D eigenvalue weighted by atomic mass is 10.1. The molecule has 0 aromatic heterocycles. The maximum absolute atomic E-state index is 11.0. The minimum Gasteiger partial charge on any atom is -0.478 e. The maximum Gasteiger partial charge on any atom is 0.261 e. The van der Waals surface area contributed by atoms with Crippen LogP contribution in [0.25, 0.3) is 0 Å². The number of rotatable bonds is 3. The Morgan fingerprint density at radius 2 is 1.93 bits per heavy atom. The molecule has 1 rings (SSSR count). The minimum absolute atomic E-state index is 0.370. The summed E-state index contributed by atoms with van der Waals surface area (Å²) in [5, 5.41) is 0.801. The minimum atomic E-state index is -1.07. The molecule has 0 aliphatic carbocycles. The van der Waals surface area contributed by atoms with Crippen LogP contribution in [0.15, 0.2) is 18.2 Å². The first-order chi connectivity index (χ1) is 6.83. The molecule has 1 aromatic carbocycles. The van der Waals surface area contributed by atoms with E-state index < -0.39 is 11.5 Å². The summed E-state index contributed by atoms with van der Waals surface area (Å²) >= 11 is 11.5. The number of primary amides is 1. The van der Waals surface area contributed by atoms with Crippen LogP contribution >= 0.6 is 23.2 Å². The van der Waals surface area contributed by atoms with E-state index in [1.165, 1.54) is 6.07 Å². The van der Waals surface area contributed by atoms with Gasteiger partial charge in [-0.2, -0.15) is 0 Å². The van der Waals surface area contributed by atoms with E-state index in [9.17, 15) is 4.79 Å². The molecule has 0 saturated heterocycles. The summed E-state index contributed by atoms with van der Waals surface area (Å²) in [4.78, 5) is 11.0. The van der Waals surface area contributed by atoms with E-state index in [1.807, 2.05) is 0 Å². The fourth-order valence-electron chi connectivity index (χ4n) is 0.885. The van der Waals surface area contributed by atoms with Gasteiger partial charge in [0.25, 0.3) is 5.91 Å². The van der Waals surface area contributed by atoms with Crippen molar-refractivity contribution in [1.29, 1.82) is 0 Å². The van der Waals surface area contributed by atoms with E-state index in [4.69, 9.17) is 33.7 Å². The van der Waals surface area contributed by atoms with Gasteiger partial charge in [-0.1, -0.05) is 23.2 Å². The Labute approximate surface area is 98.1 Å². The number of nitrogens with two attached hydrogens (primary N) is 1. The molecule has 3 nitrogen and oxygen atoms in total. The number of benzene rings is 1. The average Bonchev–Trinajstić information content (AvgIpc) is 2.10. The molecule has 0 aliphatic heterocycles. The van der Waals surface area contributed by atoms with Gasteiger partial charge in [-0.25, -0.2) is 0 Å². The monoisotopic (exact) mass is 247 g/mol. The smallest absolute Gasteiger partial charge is 0.261 e. The van der Waals surface area contributed by atoms with E-state index >= 15 is 0 Å². The van der Waals surface area contributed by atoms with Crippen LogP contribution in [0, 0.1) is 0 Å². The van der Waals surface area contributed by atoms with E-state index in [0.29, 0.717) is 15.8 Å². The zero-order valence-corrected chi connectivity index (χ0v) is 9.89. The Morgan fingerprint density at radius 1 is 1.33 bits per heavy atom. The highest BCUT2D eigenvalue weighted by molar-refractivity contribution is 6.42. The highest BCUT2D eigenvalue weighted by Gasteiger charge is 2.27. The van der Waals surface area contributed by atoms with Gasteiger partial charge in [0.15, 0.2) is 5.60 Å². The van der Waals surface area contributed by atoms with Gasteiger partial charge in [-0.15, -0.1) is 0 Å². The van der Waals surface area contributed by atoms with Crippen LogP contribution in [0.4, 0.5) is 0 Å². The number of carbonyl (C=O) groups is 1.